The first-order valence-corrected chi connectivity index (χ1v) is 5.94. The van der Waals surface area contributed by atoms with E-state index in [-0.39, 0.29) is 17.6 Å². The van der Waals surface area contributed by atoms with Crippen LogP contribution in [0.25, 0.3) is 0 Å². The topological polar surface area (TPSA) is 50.4 Å². The average Bonchev–Trinajstić information content (AvgIpc) is 2.30. The minimum atomic E-state index is -0.451. The van der Waals surface area contributed by atoms with Gasteiger partial charge in [-0.25, -0.2) is 4.39 Å². The van der Waals surface area contributed by atoms with Crippen LogP contribution in [-0.2, 0) is 9.53 Å². The first-order chi connectivity index (χ1) is 8.52. The molecule has 0 saturated carbocycles. The molecule has 1 unspecified atom stereocenters. The lowest BCUT2D eigenvalue weighted by Crippen LogP contribution is -2.21. The van der Waals surface area contributed by atoms with Gasteiger partial charge in [-0.15, -0.1) is 0 Å². The molecule has 0 heterocycles. The Bertz CT molecular complexity index is 410. The molecule has 1 aromatic carbocycles. The van der Waals surface area contributed by atoms with Gasteiger partial charge in [-0.3, -0.25) is 4.79 Å². The number of nitrogens with one attached hydrogen (secondary N) is 2. The van der Waals surface area contributed by atoms with Gasteiger partial charge < -0.3 is 15.4 Å². The monoisotopic (exact) mass is 254 g/mol. The summed E-state index contributed by atoms with van der Waals surface area (Å²) in [5, 5.41) is 5.62. The highest BCUT2D eigenvalue weighted by Crippen LogP contribution is 2.20. The Morgan fingerprint density at radius 3 is 2.83 bits per heavy atom. The van der Waals surface area contributed by atoms with E-state index in [1.54, 1.807) is 12.1 Å². The van der Waals surface area contributed by atoms with E-state index < -0.39 is 5.82 Å². The van der Waals surface area contributed by atoms with Crippen molar-refractivity contribution in [2.75, 3.05) is 23.8 Å². The van der Waals surface area contributed by atoms with Crippen molar-refractivity contribution < 1.29 is 13.9 Å². The van der Waals surface area contributed by atoms with Crippen LogP contribution in [0.5, 0.6) is 0 Å². The van der Waals surface area contributed by atoms with E-state index in [9.17, 15) is 9.18 Å². The summed E-state index contributed by atoms with van der Waals surface area (Å²) in [6.45, 7) is 6.48. The number of anilines is 2. The molecule has 1 amide bonds. The molecule has 1 rings (SSSR count). The maximum atomic E-state index is 13.4. The third-order valence-electron chi connectivity index (χ3n) is 2.26. The maximum absolute atomic E-state index is 13.4. The van der Waals surface area contributed by atoms with E-state index in [0.717, 1.165) is 5.69 Å². The van der Waals surface area contributed by atoms with E-state index in [2.05, 4.69) is 10.6 Å². The Kier molecular flexibility index (Phi) is 5.58. The van der Waals surface area contributed by atoms with E-state index >= 15 is 0 Å². The smallest absolute Gasteiger partial charge is 0.221 e. The molecule has 1 aromatic rings. The minimum absolute atomic E-state index is 0.112. The van der Waals surface area contributed by atoms with Crippen molar-refractivity contribution in [3.63, 3.8) is 0 Å². The highest BCUT2D eigenvalue weighted by molar-refractivity contribution is 5.89. The van der Waals surface area contributed by atoms with Gasteiger partial charge in [-0.2, -0.15) is 0 Å². The molecular formula is C13H19FN2O2. The largest absolute Gasteiger partial charge is 0.380 e. The van der Waals surface area contributed by atoms with Gasteiger partial charge in [0.05, 0.1) is 12.3 Å². The van der Waals surface area contributed by atoms with Crippen LogP contribution in [-0.4, -0.2) is 25.2 Å². The number of hydrogen-bond acceptors (Lipinski definition) is 3. The molecule has 2 N–H and O–H groups in total. The summed E-state index contributed by atoms with van der Waals surface area (Å²) in [6.07, 6.45) is 0. The van der Waals surface area contributed by atoms with Crippen LogP contribution in [0.2, 0.25) is 0 Å². The van der Waals surface area contributed by atoms with Crippen LogP contribution in [0.4, 0.5) is 15.8 Å². The van der Waals surface area contributed by atoms with Crippen molar-refractivity contribution >= 4 is 17.3 Å². The Hall–Kier alpha value is -1.62. The highest BCUT2D eigenvalue weighted by atomic mass is 19.1. The molecule has 100 valence electrons. The second kappa shape index (κ2) is 6.96. The molecule has 0 aliphatic heterocycles. The van der Waals surface area contributed by atoms with Gasteiger partial charge >= 0.3 is 0 Å². The van der Waals surface area contributed by atoms with Gasteiger partial charge in [0.25, 0.3) is 0 Å². The minimum Gasteiger partial charge on any atom is -0.380 e. The molecule has 18 heavy (non-hydrogen) atoms. The summed E-state index contributed by atoms with van der Waals surface area (Å²) in [7, 11) is 0. The lowest BCUT2D eigenvalue weighted by molar-refractivity contribution is -0.114. The summed E-state index contributed by atoms with van der Waals surface area (Å²) in [5.74, 6) is -0.748. The summed E-state index contributed by atoms with van der Waals surface area (Å²) >= 11 is 0. The molecule has 0 aromatic heterocycles. The van der Waals surface area contributed by atoms with Crippen molar-refractivity contribution in [1.82, 2.24) is 0 Å². The normalized spacial score (nSPS) is 12.0. The second-order valence-corrected chi connectivity index (χ2v) is 4.08. The third-order valence-corrected chi connectivity index (χ3v) is 2.26. The standard InChI is InChI=1S/C13H19FN2O2/c1-4-18-8-9(2)15-11-5-6-12(14)13(7-11)16-10(3)17/h5-7,9,15H,4,8H2,1-3H3,(H,16,17). The molecule has 0 aliphatic rings. The van der Waals surface area contributed by atoms with Crippen LogP contribution in [0.15, 0.2) is 18.2 Å². The van der Waals surface area contributed by atoms with Crippen molar-refractivity contribution in [1.29, 1.82) is 0 Å². The average molecular weight is 254 g/mol. The SMILES string of the molecule is CCOCC(C)Nc1ccc(F)c(NC(C)=O)c1. The zero-order valence-electron chi connectivity index (χ0n) is 10.9. The van der Waals surface area contributed by atoms with Crippen molar-refractivity contribution in [2.45, 2.75) is 26.8 Å². The van der Waals surface area contributed by atoms with Crippen LogP contribution in [0.3, 0.4) is 0 Å². The molecule has 0 spiro atoms. The third kappa shape index (κ3) is 4.71. The summed E-state index contributed by atoms with van der Waals surface area (Å²) in [5.41, 5.74) is 0.920. The first-order valence-electron chi connectivity index (χ1n) is 5.94. The van der Waals surface area contributed by atoms with Crippen LogP contribution in [0, 0.1) is 5.82 Å². The maximum Gasteiger partial charge on any atom is 0.221 e. The molecule has 0 saturated heterocycles. The number of ether oxygens (including phenoxy) is 1. The van der Waals surface area contributed by atoms with Gasteiger partial charge in [0.2, 0.25) is 5.91 Å². The molecule has 0 radical (unpaired) electrons. The van der Waals surface area contributed by atoms with Gasteiger partial charge in [-0.1, -0.05) is 0 Å². The predicted octanol–water partition coefficient (Wildman–Crippen LogP) is 2.62. The number of carbonyl (C=O) groups is 1. The Labute approximate surface area is 107 Å². The zero-order chi connectivity index (χ0) is 13.5. The molecule has 4 nitrogen and oxygen atoms in total. The predicted molar refractivity (Wildman–Crippen MR) is 70.3 cm³/mol. The number of carbonyl (C=O) groups excluding carboxylic acids is 1. The van der Waals surface area contributed by atoms with Crippen LogP contribution < -0.4 is 10.6 Å². The number of amides is 1. The summed E-state index contributed by atoms with van der Waals surface area (Å²) in [4.78, 5) is 10.9. The van der Waals surface area contributed by atoms with Gasteiger partial charge in [0.15, 0.2) is 0 Å². The quantitative estimate of drug-likeness (QED) is 0.820. The Balaban J connectivity index is 2.69. The van der Waals surface area contributed by atoms with Crippen molar-refractivity contribution in [3.8, 4) is 0 Å². The van der Waals surface area contributed by atoms with Gasteiger partial charge in [-0.05, 0) is 32.0 Å². The number of rotatable bonds is 6. The van der Waals surface area contributed by atoms with E-state index in [0.29, 0.717) is 13.2 Å². The summed E-state index contributed by atoms with van der Waals surface area (Å²) in [6, 6.07) is 4.63. The fourth-order valence-electron chi connectivity index (χ4n) is 1.52. The lowest BCUT2D eigenvalue weighted by atomic mass is 10.2. The fraction of sp³-hybridized carbons (Fsp3) is 0.462. The summed E-state index contributed by atoms with van der Waals surface area (Å²) < 4.78 is 18.7. The zero-order valence-corrected chi connectivity index (χ0v) is 10.9. The second-order valence-electron chi connectivity index (χ2n) is 4.08. The van der Waals surface area contributed by atoms with Gasteiger partial charge in [0, 0.05) is 25.3 Å². The van der Waals surface area contributed by atoms with Crippen molar-refractivity contribution in [2.24, 2.45) is 0 Å². The van der Waals surface area contributed by atoms with E-state index in [4.69, 9.17) is 4.74 Å². The van der Waals surface area contributed by atoms with Crippen LogP contribution in [0.1, 0.15) is 20.8 Å². The number of benzene rings is 1. The van der Waals surface area contributed by atoms with Crippen LogP contribution >= 0.6 is 0 Å². The molecular weight excluding hydrogens is 235 g/mol. The molecule has 0 aliphatic carbocycles. The molecule has 0 bridgehead atoms. The van der Waals surface area contributed by atoms with Crippen molar-refractivity contribution in [3.05, 3.63) is 24.0 Å². The first kappa shape index (κ1) is 14.4. The Morgan fingerprint density at radius 2 is 2.22 bits per heavy atom. The Morgan fingerprint density at radius 1 is 1.50 bits per heavy atom. The van der Waals surface area contributed by atoms with E-state index in [1.165, 1.54) is 13.0 Å². The highest BCUT2D eigenvalue weighted by Gasteiger charge is 2.07. The number of hydrogen-bond donors (Lipinski definition) is 2. The molecule has 1 atom stereocenters. The van der Waals surface area contributed by atoms with Gasteiger partial charge in [0.1, 0.15) is 5.82 Å². The molecule has 0 fully saturated rings. The molecule has 5 heteroatoms. The van der Waals surface area contributed by atoms with E-state index in [1.807, 2.05) is 13.8 Å². The number of halogens is 1. The lowest BCUT2D eigenvalue weighted by Gasteiger charge is -2.16. The fourth-order valence-corrected chi connectivity index (χ4v) is 1.52.